The molecule has 0 fully saturated rings. The first-order valence-electron chi connectivity index (χ1n) is 17.5. The molecule has 4 heteroatoms. The Morgan fingerprint density at radius 3 is 1.90 bits per heavy atom. The third-order valence-corrected chi connectivity index (χ3v) is 11.4. The Kier molecular flexibility index (Phi) is 6.42. The van der Waals surface area contributed by atoms with E-state index in [9.17, 15) is 0 Å². The third-order valence-electron chi connectivity index (χ3n) is 10.2. The molecule has 0 aliphatic carbocycles. The maximum Gasteiger partial charge on any atom is 0.161 e. The van der Waals surface area contributed by atoms with Crippen LogP contribution in [-0.2, 0) is 0 Å². The van der Waals surface area contributed by atoms with E-state index in [-0.39, 0.29) is 0 Å². The molecule has 0 spiro atoms. The summed E-state index contributed by atoms with van der Waals surface area (Å²) in [5, 5.41) is 8.00. The summed E-state index contributed by atoms with van der Waals surface area (Å²) in [6.45, 7) is 0. The first-order valence-corrected chi connectivity index (χ1v) is 18.3. The molecule has 8 aromatic carbocycles. The second-order valence-corrected chi connectivity index (χ2v) is 14.4. The maximum atomic E-state index is 6.58. The maximum absolute atomic E-state index is 6.58. The molecular formula is C48H28N2OS. The van der Waals surface area contributed by atoms with Crippen LogP contribution >= 0.6 is 11.3 Å². The molecule has 242 valence electrons. The number of hydrogen-bond donors (Lipinski definition) is 0. The van der Waals surface area contributed by atoms with Crippen molar-refractivity contribution in [2.75, 3.05) is 0 Å². The average Bonchev–Trinajstić information content (AvgIpc) is 3.78. The van der Waals surface area contributed by atoms with Gasteiger partial charge >= 0.3 is 0 Å². The fourth-order valence-corrected chi connectivity index (χ4v) is 8.83. The van der Waals surface area contributed by atoms with Crippen LogP contribution in [0.25, 0.3) is 109 Å². The highest BCUT2D eigenvalue weighted by Gasteiger charge is 2.21. The number of para-hydroxylation sites is 1. The van der Waals surface area contributed by atoms with Gasteiger partial charge in [-0.05, 0) is 86.3 Å². The van der Waals surface area contributed by atoms with E-state index in [1.807, 2.05) is 12.1 Å². The van der Waals surface area contributed by atoms with E-state index >= 15 is 0 Å². The molecule has 3 aromatic heterocycles. The zero-order chi connectivity index (χ0) is 34.2. The Labute approximate surface area is 303 Å². The third kappa shape index (κ3) is 4.65. The lowest BCUT2D eigenvalue weighted by Crippen LogP contribution is -1.95. The van der Waals surface area contributed by atoms with Crippen LogP contribution in [0, 0.1) is 0 Å². The average molecular weight is 681 g/mol. The molecule has 0 aliphatic heterocycles. The minimum absolute atomic E-state index is 0.686. The van der Waals surface area contributed by atoms with Crippen LogP contribution in [0.15, 0.2) is 174 Å². The molecule has 0 N–H and O–H groups in total. The van der Waals surface area contributed by atoms with Gasteiger partial charge in [0, 0.05) is 32.0 Å². The number of fused-ring (bicyclic) bond motifs is 8. The zero-order valence-electron chi connectivity index (χ0n) is 27.9. The van der Waals surface area contributed by atoms with Crippen molar-refractivity contribution in [1.29, 1.82) is 0 Å². The first kappa shape index (κ1) is 29.1. The monoisotopic (exact) mass is 680 g/mol. The molecule has 0 aliphatic rings. The molecular weight excluding hydrogens is 653 g/mol. The number of nitrogens with zero attached hydrogens (tertiary/aromatic N) is 2. The predicted octanol–water partition coefficient (Wildman–Crippen LogP) is 13.7. The quantitative estimate of drug-likeness (QED) is 0.186. The van der Waals surface area contributed by atoms with Crippen LogP contribution in [0.3, 0.4) is 0 Å². The van der Waals surface area contributed by atoms with E-state index < -0.39 is 0 Å². The highest BCUT2D eigenvalue weighted by molar-refractivity contribution is 7.26. The highest BCUT2D eigenvalue weighted by Crippen LogP contribution is 2.44. The SMILES string of the molecule is c1ccc(-c2ccc3cc(-c4cc(-c5nc(-c6ccc7ccccc7c6)c6sc7ccccc7c6n5)c5c(c4)oc4ccccc45)ccc3c2)cc1. The van der Waals surface area contributed by atoms with Gasteiger partial charge in [0.2, 0.25) is 0 Å². The lowest BCUT2D eigenvalue weighted by Gasteiger charge is -2.12. The van der Waals surface area contributed by atoms with Crippen LogP contribution in [0.1, 0.15) is 0 Å². The van der Waals surface area contributed by atoms with Crippen molar-refractivity contribution in [2.24, 2.45) is 0 Å². The fraction of sp³-hybridized carbons (Fsp3) is 0. The molecule has 11 aromatic rings. The van der Waals surface area contributed by atoms with Gasteiger partial charge in [-0.1, -0.05) is 127 Å². The smallest absolute Gasteiger partial charge is 0.161 e. The lowest BCUT2D eigenvalue weighted by molar-refractivity contribution is 0.669. The van der Waals surface area contributed by atoms with E-state index in [4.69, 9.17) is 14.4 Å². The second kappa shape index (κ2) is 11.5. The Balaban J connectivity index is 1.16. The molecule has 11 rings (SSSR count). The number of aromatic nitrogens is 2. The van der Waals surface area contributed by atoms with Crippen molar-refractivity contribution >= 4 is 75.1 Å². The number of thiophene rings is 1. The summed E-state index contributed by atoms with van der Waals surface area (Å²) in [6.07, 6.45) is 0. The van der Waals surface area contributed by atoms with E-state index in [2.05, 4.69) is 158 Å². The normalized spacial score (nSPS) is 11.8. The Hall–Kier alpha value is -6.62. The van der Waals surface area contributed by atoms with Gasteiger partial charge in [-0.2, -0.15) is 0 Å². The van der Waals surface area contributed by atoms with Crippen LogP contribution in [0.4, 0.5) is 0 Å². The van der Waals surface area contributed by atoms with Crippen molar-refractivity contribution in [3.63, 3.8) is 0 Å². The van der Waals surface area contributed by atoms with Gasteiger partial charge in [0.1, 0.15) is 11.2 Å². The Bertz CT molecular complexity index is 3190. The minimum atomic E-state index is 0.686. The minimum Gasteiger partial charge on any atom is -0.456 e. The summed E-state index contributed by atoms with van der Waals surface area (Å²) < 4.78 is 8.87. The predicted molar refractivity (Wildman–Crippen MR) is 219 cm³/mol. The van der Waals surface area contributed by atoms with Crippen molar-refractivity contribution in [3.05, 3.63) is 170 Å². The van der Waals surface area contributed by atoms with Gasteiger partial charge in [0.15, 0.2) is 5.82 Å². The standard InChI is InChI=1S/C48H28N2OS/c1-2-10-29(11-3-1)32-19-20-34-25-35(22-21-33(34)24-32)37-27-40(44-38-14-6-8-16-41(38)51-42(44)28-37)48-49-45(36-23-18-30-12-4-5-13-31(30)26-36)47-46(50-48)39-15-7-9-17-43(39)52-47/h1-28H. The summed E-state index contributed by atoms with van der Waals surface area (Å²) in [5.41, 5.74) is 10.2. The summed E-state index contributed by atoms with van der Waals surface area (Å²) in [7, 11) is 0. The van der Waals surface area contributed by atoms with Gasteiger partial charge in [0.05, 0.1) is 15.9 Å². The Morgan fingerprint density at radius 1 is 0.423 bits per heavy atom. The van der Waals surface area contributed by atoms with Crippen LogP contribution in [0.5, 0.6) is 0 Å². The molecule has 3 heterocycles. The topological polar surface area (TPSA) is 38.9 Å². The Morgan fingerprint density at radius 2 is 1.06 bits per heavy atom. The van der Waals surface area contributed by atoms with Crippen LogP contribution in [0.2, 0.25) is 0 Å². The van der Waals surface area contributed by atoms with E-state index in [0.29, 0.717) is 5.82 Å². The summed E-state index contributed by atoms with van der Waals surface area (Å²) >= 11 is 1.76. The molecule has 0 radical (unpaired) electrons. The first-order chi connectivity index (χ1) is 25.7. The van der Waals surface area contributed by atoms with E-state index in [0.717, 1.165) is 65.5 Å². The van der Waals surface area contributed by atoms with Crippen molar-refractivity contribution in [3.8, 4) is 44.9 Å². The van der Waals surface area contributed by atoms with E-state index in [1.54, 1.807) is 11.3 Å². The van der Waals surface area contributed by atoms with Crippen molar-refractivity contribution in [2.45, 2.75) is 0 Å². The highest BCUT2D eigenvalue weighted by atomic mass is 32.1. The molecule has 52 heavy (non-hydrogen) atoms. The number of benzene rings is 8. The molecule has 0 bridgehead atoms. The molecule has 0 atom stereocenters. The molecule has 0 saturated heterocycles. The van der Waals surface area contributed by atoms with Gasteiger partial charge in [0.25, 0.3) is 0 Å². The zero-order valence-corrected chi connectivity index (χ0v) is 28.7. The second-order valence-electron chi connectivity index (χ2n) is 13.4. The van der Waals surface area contributed by atoms with Gasteiger partial charge in [-0.15, -0.1) is 11.3 Å². The van der Waals surface area contributed by atoms with Gasteiger partial charge in [-0.3, -0.25) is 0 Å². The van der Waals surface area contributed by atoms with Gasteiger partial charge in [-0.25, -0.2) is 9.97 Å². The van der Waals surface area contributed by atoms with Crippen molar-refractivity contribution < 1.29 is 4.42 Å². The summed E-state index contributed by atoms with van der Waals surface area (Å²) in [6, 6.07) is 60.3. The molecule has 0 unspecified atom stereocenters. The summed E-state index contributed by atoms with van der Waals surface area (Å²) in [5.74, 6) is 0.686. The molecule has 0 amide bonds. The summed E-state index contributed by atoms with van der Waals surface area (Å²) in [4.78, 5) is 10.9. The molecule has 0 saturated carbocycles. The van der Waals surface area contributed by atoms with Crippen molar-refractivity contribution in [1.82, 2.24) is 9.97 Å². The number of hydrogen-bond acceptors (Lipinski definition) is 4. The number of rotatable bonds is 4. The van der Waals surface area contributed by atoms with E-state index in [1.165, 1.54) is 37.4 Å². The lowest BCUT2D eigenvalue weighted by atomic mass is 9.95. The fourth-order valence-electron chi connectivity index (χ4n) is 7.68. The largest absolute Gasteiger partial charge is 0.456 e. The number of furan rings is 1. The van der Waals surface area contributed by atoms with Crippen LogP contribution in [-0.4, -0.2) is 9.97 Å². The van der Waals surface area contributed by atoms with Crippen LogP contribution < -0.4 is 0 Å². The van der Waals surface area contributed by atoms with Gasteiger partial charge < -0.3 is 4.42 Å². The molecule has 3 nitrogen and oxygen atoms in total.